The zero-order chi connectivity index (χ0) is 21.3. The molecule has 2 N–H and O–H groups in total. The molecule has 156 valence electrons. The minimum atomic E-state index is -1.01. The van der Waals surface area contributed by atoms with E-state index in [0.29, 0.717) is 36.6 Å². The van der Waals surface area contributed by atoms with Crippen LogP contribution in [0.1, 0.15) is 24.8 Å². The van der Waals surface area contributed by atoms with E-state index in [1.54, 1.807) is 59.5 Å². The Hall–Kier alpha value is -2.90. The van der Waals surface area contributed by atoms with Crippen LogP contribution in [0.2, 0.25) is 5.02 Å². The van der Waals surface area contributed by atoms with Crippen LogP contribution >= 0.6 is 11.6 Å². The summed E-state index contributed by atoms with van der Waals surface area (Å²) in [4.78, 5) is 40.4. The minimum absolute atomic E-state index is 0.104. The summed E-state index contributed by atoms with van der Waals surface area (Å²) in [5.74, 6) is -0.657. The molecule has 2 fully saturated rings. The molecular formula is C22H22ClN3O4. The molecule has 0 unspecified atom stereocenters. The number of nitrogens with zero attached hydrogens (tertiary/aromatic N) is 2. The van der Waals surface area contributed by atoms with Gasteiger partial charge in [0.15, 0.2) is 0 Å². The Balaban J connectivity index is 1.37. The van der Waals surface area contributed by atoms with Crippen molar-refractivity contribution < 1.29 is 19.5 Å². The summed E-state index contributed by atoms with van der Waals surface area (Å²) in [5, 5.41) is 14.2. The smallest absolute Gasteiger partial charge is 0.329 e. The van der Waals surface area contributed by atoms with E-state index < -0.39 is 23.6 Å². The number of halogens is 1. The molecule has 8 heteroatoms. The first kappa shape index (κ1) is 20.4. The molecule has 0 spiro atoms. The van der Waals surface area contributed by atoms with Gasteiger partial charge in [0, 0.05) is 18.1 Å². The van der Waals surface area contributed by atoms with Gasteiger partial charge in [0.25, 0.3) is 5.91 Å². The maximum Gasteiger partial charge on any atom is 0.329 e. The van der Waals surface area contributed by atoms with Crippen LogP contribution in [-0.2, 0) is 15.2 Å². The number of amides is 4. The number of rotatable bonds is 4. The molecule has 2 aromatic rings. The number of hydrogen-bond donors (Lipinski definition) is 2. The summed E-state index contributed by atoms with van der Waals surface area (Å²) in [6.07, 6.45) is 0.677. The molecule has 2 heterocycles. The van der Waals surface area contributed by atoms with Crippen LogP contribution in [-0.4, -0.2) is 47.0 Å². The summed E-state index contributed by atoms with van der Waals surface area (Å²) < 4.78 is 0. The third-order valence-electron chi connectivity index (χ3n) is 5.74. The van der Waals surface area contributed by atoms with E-state index in [1.807, 2.05) is 0 Å². The van der Waals surface area contributed by atoms with Crippen LogP contribution in [0.15, 0.2) is 54.6 Å². The lowest BCUT2D eigenvalue weighted by atomic mass is 9.84. The number of imide groups is 1. The third kappa shape index (κ3) is 3.91. The van der Waals surface area contributed by atoms with Gasteiger partial charge in [-0.1, -0.05) is 41.9 Å². The normalized spacial score (nSPS) is 20.9. The topological polar surface area (TPSA) is 90.0 Å². The number of anilines is 1. The van der Waals surface area contributed by atoms with Gasteiger partial charge >= 0.3 is 6.03 Å². The number of likely N-dealkylation sites (tertiary alicyclic amines) is 1. The number of benzene rings is 2. The zero-order valence-electron chi connectivity index (χ0n) is 16.3. The molecule has 2 aromatic carbocycles. The fraction of sp³-hybridized carbons (Fsp3) is 0.318. The average molecular weight is 428 g/mol. The standard InChI is InChI=1S/C22H22ClN3O4/c23-16-8-6-15(7-9-16)22(30)10-12-25(13-11-22)19(27)14-18-20(28)26(21(29)24-18)17-4-2-1-3-5-17/h1-9,18,30H,10-14H2,(H,24,29)/t18-/m0/s1. The Morgan fingerprint density at radius 3 is 2.33 bits per heavy atom. The Labute approximate surface area is 179 Å². The number of urea groups is 1. The monoisotopic (exact) mass is 427 g/mol. The first-order valence-corrected chi connectivity index (χ1v) is 10.2. The van der Waals surface area contributed by atoms with Crippen molar-refractivity contribution in [2.24, 2.45) is 0 Å². The summed E-state index contributed by atoms with van der Waals surface area (Å²) in [5.41, 5.74) is 0.236. The molecule has 30 heavy (non-hydrogen) atoms. The number of hydrogen-bond acceptors (Lipinski definition) is 4. The maximum absolute atomic E-state index is 12.7. The second-order valence-electron chi connectivity index (χ2n) is 7.63. The molecule has 2 aliphatic rings. The summed E-state index contributed by atoms with van der Waals surface area (Å²) in [7, 11) is 0. The van der Waals surface area contributed by atoms with E-state index in [4.69, 9.17) is 11.6 Å². The maximum atomic E-state index is 12.7. The number of piperidine rings is 1. The Bertz CT molecular complexity index is 956. The molecule has 2 saturated heterocycles. The molecular weight excluding hydrogens is 406 g/mol. The average Bonchev–Trinajstić information content (AvgIpc) is 3.02. The van der Waals surface area contributed by atoms with Crippen molar-refractivity contribution in [3.63, 3.8) is 0 Å². The molecule has 0 radical (unpaired) electrons. The van der Waals surface area contributed by atoms with Gasteiger partial charge in [-0.3, -0.25) is 9.59 Å². The van der Waals surface area contributed by atoms with Crippen molar-refractivity contribution in [2.75, 3.05) is 18.0 Å². The lowest BCUT2D eigenvalue weighted by Crippen LogP contribution is -2.47. The molecule has 4 amide bonds. The highest BCUT2D eigenvalue weighted by atomic mass is 35.5. The fourth-order valence-corrected chi connectivity index (χ4v) is 4.10. The second kappa shape index (κ2) is 8.08. The van der Waals surface area contributed by atoms with Gasteiger partial charge in [0.05, 0.1) is 17.7 Å². The predicted octanol–water partition coefficient (Wildman–Crippen LogP) is 2.67. The number of aliphatic hydroxyl groups is 1. The fourth-order valence-electron chi connectivity index (χ4n) is 3.97. The third-order valence-corrected chi connectivity index (χ3v) is 5.99. The number of para-hydroxylation sites is 1. The SMILES string of the molecule is O=C(C[C@@H]1NC(=O)N(c2ccccc2)C1=O)N1CCC(O)(c2ccc(Cl)cc2)CC1. The Morgan fingerprint density at radius 1 is 1.07 bits per heavy atom. The van der Waals surface area contributed by atoms with E-state index in [2.05, 4.69) is 5.32 Å². The largest absolute Gasteiger partial charge is 0.385 e. The molecule has 2 aliphatic heterocycles. The van der Waals surface area contributed by atoms with E-state index >= 15 is 0 Å². The molecule has 7 nitrogen and oxygen atoms in total. The lowest BCUT2D eigenvalue weighted by Gasteiger charge is -2.38. The lowest BCUT2D eigenvalue weighted by molar-refractivity contribution is -0.137. The second-order valence-corrected chi connectivity index (χ2v) is 8.07. The minimum Gasteiger partial charge on any atom is -0.385 e. The molecule has 0 bridgehead atoms. The van der Waals surface area contributed by atoms with Gasteiger partial charge in [0.2, 0.25) is 5.91 Å². The van der Waals surface area contributed by atoms with Crippen molar-refractivity contribution in [1.82, 2.24) is 10.2 Å². The van der Waals surface area contributed by atoms with Crippen LogP contribution < -0.4 is 10.2 Å². The van der Waals surface area contributed by atoms with Crippen LogP contribution in [0.4, 0.5) is 10.5 Å². The predicted molar refractivity (Wildman–Crippen MR) is 112 cm³/mol. The number of carbonyl (C=O) groups excluding carboxylic acids is 3. The van der Waals surface area contributed by atoms with Crippen LogP contribution in [0.3, 0.4) is 0 Å². The first-order chi connectivity index (χ1) is 14.4. The van der Waals surface area contributed by atoms with Gasteiger partial charge < -0.3 is 15.3 Å². The summed E-state index contributed by atoms with van der Waals surface area (Å²) in [6.45, 7) is 0.741. The highest BCUT2D eigenvalue weighted by Gasteiger charge is 2.42. The van der Waals surface area contributed by atoms with Crippen molar-refractivity contribution in [1.29, 1.82) is 0 Å². The number of nitrogens with one attached hydrogen (secondary N) is 1. The summed E-state index contributed by atoms with van der Waals surface area (Å²) >= 11 is 5.92. The zero-order valence-corrected chi connectivity index (χ0v) is 17.0. The Kier molecular flexibility index (Phi) is 5.49. The molecule has 4 rings (SSSR count). The Morgan fingerprint density at radius 2 is 1.70 bits per heavy atom. The molecule has 0 saturated carbocycles. The van der Waals surface area contributed by atoms with E-state index in [0.717, 1.165) is 10.5 Å². The highest BCUT2D eigenvalue weighted by Crippen LogP contribution is 2.33. The van der Waals surface area contributed by atoms with E-state index in [9.17, 15) is 19.5 Å². The molecule has 1 atom stereocenters. The number of carbonyl (C=O) groups is 3. The van der Waals surface area contributed by atoms with Crippen molar-refractivity contribution >= 4 is 35.1 Å². The quantitative estimate of drug-likeness (QED) is 0.734. The van der Waals surface area contributed by atoms with Crippen LogP contribution in [0.5, 0.6) is 0 Å². The molecule has 0 aliphatic carbocycles. The van der Waals surface area contributed by atoms with Crippen molar-refractivity contribution in [3.8, 4) is 0 Å². The highest BCUT2D eigenvalue weighted by molar-refractivity contribution is 6.30. The summed E-state index contributed by atoms with van der Waals surface area (Å²) in [6, 6.07) is 14.3. The van der Waals surface area contributed by atoms with Crippen LogP contribution in [0.25, 0.3) is 0 Å². The molecule has 0 aromatic heterocycles. The van der Waals surface area contributed by atoms with Gasteiger partial charge in [0.1, 0.15) is 6.04 Å². The van der Waals surface area contributed by atoms with E-state index in [-0.39, 0.29) is 12.3 Å². The van der Waals surface area contributed by atoms with Gasteiger partial charge in [-0.25, -0.2) is 9.69 Å². The van der Waals surface area contributed by atoms with E-state index in [1.165, 1.54) is 0 Å². The van der Waals surface area contributed by atoms with Crippen molar-refractivity contribution in [2.45, 2.75) is 30.9 Å². The van der Waals surface area contributed by atoms with Crippen molar-refractivity contribution in [3.05, 3.63) is 65.2 Å². The van der Waals surface area contributed by atoms with Gasteiger partial charge in [-0.15, -0.1) is 0 Å². The van der Waals surface area contributed by atoms with Gasteiger partial charge in [-0.2, -0.15) is 0 Å². The van der Waals surface area contributed by atoms with Crippen LogP contribution in [0, 0.1) is 0 Å². The first-order valence-electron chi connectivity index (χ1n) is 9.83. The van der Waals surface area contributed by atoms with Gasteiger partial charge in [-0.05, 0) is 42.7 Å².